The van der Waals surface area contributed by atoms with Crippen LogP contribution in [0.15, 0.2) is 29.1 Å². The summed E-state index contributed by atoms with van der Waals surface area (Å²) in [6, 6.07) is 7.55. The van der Waals surface area contributed by atoms with E-state index >= 15 is 0 Å². The van der Waals surface area contributed by atoms with Gasteiger partial charge in [-0.05, 0) is 30.2 Å². The number of nitrogens with zero attached hydrogens (tertiary/aromatic N) is 1. The number of hydrogen-bond donors (Lipinski definition) is 1. The van der Waals surface area contributed by atoms with Crippen molar-refractivity contribution >= 4 is 27.5 Å². The van der Waals surface area contributed by atoms with Crippen LogP contribution in [0.1, 0.15) is 26.6 Å². The van der Waals surface area contributed by atoms with Crippen molar-refractivity contribution in [1.82, 2.24) is 9.97 Å². The van der Waals surface area contributed by atoms with Gasteiger partial charge < -0.3 is 19.2 Å². The third-order valence-corrected chi connectivity index (χ3v) is 5.25. The van der Waals surface area contributed by atoms with Gasteiger partial charge in [0.05, 0.1) is 19.1 Å². The summed E-state index contributed by atoms with van der Waals surface area (Å²) < 4.78 is 15.2. The maximum Gasteiger partial charge on any atom is 0.348 e. The Morgan fingerprint density at radius 1 is 1.19 bits per heavy atom. The molecule has 0 unspecified atom stereocenters. The number of methoxy groups -OCH3 is 2. The van der Waals surface area contributed by atoms with Crippen molar-refractivity contribution in [1.29, 1.82) is 0 Å². The summed E-state index contributed by atoms with van der Waals surface area (Å²) in [5.74, 6) is 0.836. The van der Waals surface area contributed by atoms with Gasteiger partial charge in [0.1, 0.15) is 27.9 Å². The Balaban J connectivity index is 1.89. The first-order chi connectivity index (χ1) is 13.0. The largest absolute Gasteiger partial charge is 0.497 e. The fourth-order valence-electron chi connectivity index (χ4n) is 2.69. The minimum atomic E-state index is -0.469. The highest BCUT2D eigenvalue weighted by Crippen LogP contribution is 2.28. The number of esters is 1. The lowest BCUT2D eigenvalue weighted by Gasteiger charge is -2.03. The number of thiophene rings is 1. The van der Waals surface area contributed by atoms with E-state index in [0.29, 0.717) is 39.5 Å². The summed E-state index contributed by atoms with van der Waals surface area (Å²) >= 11 is 1.17. The molecule has 0 spiro atoms. The van der Waals surface area contributed by atoms with Gasteiger partial charge in [0.15, 0.2) is 0 Å². The van der Waals surface area contributed by atoms with Crippen LogP contribution in [0.4, 0.5) is 0 Å². The Labute approximate surface area is 159 Å². The van der Waals surface area contributed by atoms with Crippen LogP contribution in [0.3, 0.4) is 0 Å². The molecule has 0 amide bonds. The normalized spacial score (nSPS) is 10.9. The summed E-state index contributed by atoms with van der Waals surface area (Å²) in [5, 5.41) is 0.428. The highest BCUT2D eigenvalue weighted by molar-refractivity contribution is 7.20. The van der Waals surface area contributed by atoms with Gasteiger partial charge in [-0.3, -0.25) is 4.79 Å². The zero-order valence-corrected chi connectivity index (χ0v) is 16.1. The Bertz CT molecular complexity index is 1010. The van der Waals surface area contributed by atoms with Crippen LogP contribution < -0.4 is 10.3 Å². The van der Waals surface area contributed by atoms with Crippen LogP contribution in [0, 0.1) is 6.92 Å². The number of aromatic nitrogens is 2. The lowest BCUT2D eigenvalue weighted by molar-refractivity contribution is 0.0393. The molecule has 0 bridgehead atoms. The quantitative estimate of drug-likeness (QED) is 0.494. The summed E-state index contributed by atoms with van der Waals surface area (Å²) in [6.07, 6.45) is 0.472. The molecule has 3 rings (SSSR count). The lowest BCUT2D eigenvalue weighted by atomic mass is 10.1. The van der Waals surface area contributed by atoms with E-state index in [-0.39, 0.29) is 12.2 Å². The van der Waals surface area contributed by atoms with Gasteiger partial charge in [-0.25, -0.2) is 9.78 Å². The Hall–Kier alpha value is -2.71. The standard InChI is InChI=1S/C19H20N2O5S/c1-11-15-17(22)20-14(10-12-4-6-13(25-3)7-5-12)21-18(15)27-16(11)19(23)26-9-8-24-2/h4-7H,8-10H2,1-3H3,(H,20,21,22). The molecule has 0 saturated carbocycles. The first-order valence-electron chi connectivity index (χ1n) is 8.34. The summed E-state index contributed by atoms with van der Waals surface area (Å²) in [7, 11) is 3.14. The molecule has 0 radical (unpaired) electrons. The molecule has 142 valence electrons. The molecule has 0 aliphatic rings. The van der Waals surface area contributed by atoms with Gasteiger partial charge in [-0.1, -0.05) is 12.1 Å². The SMILES string of the molecule is COCCOC(=O)c1sc2nc(Cc3ccc(OC)cc3)[nH]c(=O)c2c1C. The number of fused-ring (bicyclic) bond motifs is 1. The fourth-order valence-corrected chi connectivity index (χ4v) is 3.78. The molecular formula is C19H20N2O5S. The van der Waals surface area contributed by atoms with Crippen LogP contribution in [0.25, 0.3) is 10.2 Å². The highest BCUT2D eigenvalue weighted by atomic mass is 32.1. The molecule has 1 aromatic carbocycles. The number of aryl methyl sites for hydroxylation is 1. The predicted molar refractivity (Wildman–Crippen MR) is 103 cm³/mol. The van der Waals surface area contributed by atoms with Crippen LogP contribution in [-0.4, -0.2) is 43.4 Å². The summed E-state index contributed by atoms with van der Waals surface area (Å²) in [6.45, 7) is 2.21. The van der Waals surface area contributed by atoms with Gasteiger partial charge >= 0.3 is 5.97 Å². The number of benzene rings is 1. The van der Waals surface area contributed by atoms with Crippen molar-refractivity contribution in [3.05, 3.63) is 56.4 Å². The van der Waals surface area contributed by atoms with E-state index in [1.807, 2.05) is 24.3 Å². The van der Waals surface area contributed by atoms with E-state index in [9.17, 15) is 9.59 Å². The van der Waals surface area contributed by atoms with Crippen LogP contribution in [0.5, 0.6) is 5.75 Å². The Morgan fingerprint density at radius 2 is 1.93 bits per heavy atom. The summed E-state index contributed by atoms with van der Waals surface area (Å²) in [5.41, 5.74) is 1.32. The van der Waals surface area contributed by atoms with E-state index in [1.165, 1.54) is 18.4 Å². The van der Waals surface area contributed by atoms with Crippen LogP contribution >= 0.6 is 11.3 Å². The molecule has 3 aromatic rings. The topological polar surface area (TPSA) is 90.5 Å². The van der Waals surface area contributed by atoms with Crippen LogP contribution in [-0.2, 0) is 15.9 Å². The molecule has 7 nitrogen and oxygen atoms in total. The smallest absolute Gasteiger partial charge is 0.348 e. The Morgan fingerprint density at radius 3 is 2.59 bits per heavy atom. The first-order valence-corrected chi connectivity index (χ1v) is 9.16. The van der Waals surface area contributed by atoms with E-state index in [2.05, 4.69) is 9.97 Å². The number of ether oxygens (including phenoxy) is 3. The first kappa shape index (κ1) is 19.1. The minimum Gasteiger partial charge on any atom is -0.497 e. The second-order valence-electron chi connectivity index (χ2n) is 5.90. The molecule has 0 atom stereocenters. The number of aromatic amines is 1. The molecule has 0 saturated heterocycles. The van der Waals surface area contributed by atoms with Crippen molar-refractivity contribution in [2.24, 2.45) is 0 Å². The van der Waals surface area contributed by atoms with E-state index in [0.717, 1.165) is 11.3 Å². The maximum absolute atomic E-state index is 12.5. The van der Waals surface area contributed by atoms with Gasteiger partial charge in [0.2, 0.25) is 0 Å². The molecule has 0 aliphatic heterocycles. The lowest BCUT2D eigenvalue weighted by Crippen LogP contribution is -2.12. The molecule has 8 heteroatoms. The third-order valence-electron chi connectivity index (χ3n) is 4.09. The second kappa shape index (κ2) is 8.32. The number of nitrogens with one attached hydrogen (secondary N) is 1. The molecule has 2 aromatic heterocycles. The zero-order chi connectivity index (χ0) is 19.4. The monoisotopic (exact) mass is 388 g/mol. The van der Waals surface area contributed by atoms with Crippen LogP contribution in [0.2, 0.25) is 0 Å². The van der Waals surface area contributed by atoms with Crippen molar-refractivity contribution in [3.8, 4) is 5.75 Å². The number of carbonyl (C=O) groups excluding carboxylic acids is 1. The molecule has 0 aliphatic carbocycles. The van der Waals surface area contributed by atoms with Gasteiger partial charge in [-0.15, -0.1) is 11.3 Å². The van der Waals surface area contributed by atoms with E-state index < -0.39 is 5.97 Å². The van der Waals surface area contributed by atoms with Crippen molar-refractivity contribution in [2.45, 2.75) is 13.3 Å². The number of H-pyrrole nitrogens is 1. The number of carbonyl (C=O) groups is 1. The average molecular weight is 388 g/mol. The minimum absolute atomic E-state index is 0.162. The maximum atomic E-state index is 12.5. The van der Waals surface area contributed by atoms with Gasteiger partial charge in [0.25, 0.3) is 5.56 Å². The van der Waals surface area contributed by atoms with Crippen molar-refractivity contribution < 1.29 is 19.0 Å². The fraction of sp³-hybridized carbons (Fsp3) is 0.316. The molecule has 0 fully saturated rings. The molecule has 27 heavy (non-hydrogen) atoms. The van der Waals surface area contributed by atoms with Gasteiger partial charge in [0, 0.05) is 13.5 Å². The number of rotatable bonds is 7. The predicted octanol–water partition coefficient (Wildman–Crippen LogP) is 2.70. The highest BCUT2D eigenvalue weighted by Gasteiger charge is 2.20. The Kier molecular flexibility index (Phi) is 5.88. The summed E-state index contributed by atoms with van der Waals surface area (Å²) in [4.78, 5) is 33.0. The second-order valence-corrected chi connectivity index (χ2v) is 6.90. The number of hydrogen-bond acceptors (Lipinski definition) is 7. The molecule has 1 N–H and O–H groups in total. The average Bonchev–Trinajstić information content (AvgIpc) is 2.99. The third kappa shape index (κ3) is 4.17. The van der Waals surface area contributed by atoms with Crippen molar-refractivity contribution in [2.75, 3.05) is 27.4 Å². The zero-order valence-electron chi connectivity index (χ0n) is 15.3. The molecular weight excluding hydrogens is 368 g/mol. The van der Waals surface area contributed by atoms with E-state index in [4.69, 9.17) is 14.2 Å². The van der Waals surface area contributed by atoms with Crippen molar-refractivity contribution in [3.63, 3.8) is 0 Å². The van der Waals surface area contributed by atoms with Gasteiger partial charge in [-0.2, -0.15) is 0 Å². The van der Waals surface area contributed by atoms with E-state index in [1.54, 1.807) is 14.0 Å². The molecule has 2 heterocycles.